The maximum absolute atomic E-state index is 11.3. The Hall–Kier alpha value is -2.35. The largest absolute Gasteiger partial charge is 0.481 e. The van der Waals surface area contributed by atoms with Crippen LogP contribution in [0.25, 0.3) is 0 Å². The summed E-state index contributed by atoms with van der Waals surface area (Å²) < 4.78 is 1.37. The van der Waals surface area contributed by atoms with E-state index in [1.807, 2.05) is 12.1 Å². The summed E-state index contributed by atoms with van der Waals surface area (Å²) in [5.41, 5.74) is -0.0418. The van der Waals surface area contributed by atoms with Crippen molar-refractivity contribution in [1.29, 1.82) is 0 Å². The van der Waals surface area contributed by atoms with E-state index in [1.165, 1.54) is 16.4 Å². The van der Waals surface area contributed by atoms with Crippen molar-refractivity contribution in [2.45, 2.75) is 17.3 Å². The molecule has 7 nitrogen and oxygen atoms in total. The zero-order chi connectivity index (χ0) is 15.4. The molecule has 0 aliphatic carbocycles. The van der Waals surface area contributed by atoms with Crippen LogP contribution in [0.1, 0.15) is 11.1 Å². The second kappa shape index (κ2) is 6.40. The van der Waals surface area contributed by atoms with E-state index >= 15 is 0 Å². The molecule has 21 heavy (non-hydrogen) atoms. The van der Waals surface area contributed by atoms with Crippen molar-refractivity contribution >= 4 is 17.7 Å². The summed E-state index contributed by atoms with van der Waals surface area (Å²) in [6.07, 6.45) is -0.0608. The van der Waals surface area contributed by atoms with Gasteiger partial charge >= 0.3 is 17.1 Å². The van der Waals surface area contributed by atoms with E-state index in [1.54, 1.807) is 19.2 Å². The third-order valence-electron chi connectivity index (χ3n) is 2.76. The van der Waals surface area contributed by atoms with E-state index in [0.29, 0.717) is 16.5 Å². The van der Waals surface area contributed by atoms with Crippen molar-refractivity contribution < 1.29 is 9.90 Å². The van der Waals surface area contributed by atoms with Gasteiger partial charge in [-0.2, -0.15) is 4.98 Å². The minimum Gasteiger partial charge on any atom is -0.481 e. The summed E-state index contributed by atoms with van der Waals surface area (Å²) in [7, 11) is 1.58. The Bertz CT molecular complexity index is 781. The van der Waals surface area contributed by atoms with Crippen molar-refractivity contribution in [2.24, 2.45) is 7.05 Å². The molecule has 110 valence electrons. The number of hydrogen-bond acceptors (Lipinski definition) is 5. The Balaban J connectivity index is 2.21. The van der Waals surface area contributed by atoms with Crippen LogP contribution < -0.4 is 11.1 Å². The second-order valence-corrected chi connectivity index (χ2v) is 5.27. The Kier molecular flexibility index (Phi) is 4.59. The number of thioether (sulfide) groups is 1. The standard InChI is InChI=1S/C13H13N3O4S/c1-16-13(14-11(19)12(20)15-16)21-7-9-5-3-2-4-8(9)6-10(17)18/h2-5H,6-7H2,1H3,(H,15,20)(H,17,18). The molecular weight excluding hydrogens is 294 g/mol. The molecule has 0 aliphatic rings. The minimum absolute atomic E-state index is 0.0608. The molecule has 0 atom stereocenters. The third kappa shape index (κ3) is 3.82. The average Bonchev–Trinajstić information content (AvgIpc) is 2.42. The van der Waals surface area contributed by atoms with Crippen LogP contribution >= 0.6 is 11.8 Å². The van der Waals surface area contributed by atoms with Crippen LogP contribution in [-0.4, -0.2) is 25.8 Å². The van der Waals surface area contributed by atoms with Gasteiger partial charge in [0.05, 0.1) is 6.42 Å². The van der Waals surface area contributed by atoms with Crippen LogP contribution in [0, 0.1) is 0 Å². The number of carboxylic acid groups (broad SMARTS) is 1. The summed E-state index contributed by atoms with van der Waals surface area (Å²) in [5.74, 6) is -0.447. The van der Waals surface area contributed by atoms with E-state index in [9.17, 15) is 14.4 Å². The van der Waals surface area contributed by atoms with Crippen LogP contribution in [0.4, 0.5) is 0 Å². The molecule has 0 fully saturated rings. The first-order valence-electron chi connectivity index (χ1n) is 6.06. The zero-order valence-electron chi connectivity index (χ0n) is 11.2. The van der Waals surface area contributed by atoms with Gasteiger partial charge in [-0.05, 0) is 11.1 Å². The Morgan fingerprint density at radius 3 is 2.67 bits per heavy atom. The molecule has 2 aromatic rings. The Morgan fingerprint density at radius 2 is 2.00 bits per heavy atom. The lowest BCUT2D eigenvalue weighted by molar-refractivity contribution is -0.136. The van der Waals surface area contributed by atoms with Crippen molar-refractivity contribution in [3.05, 3.63) is 56.1 Å². The fraction of sp³-hybridized carbons (Fsp3) is 0.231. The third-order valence-corrected chi connectivity index (χ3v) is 3.84. The first-order chi connectivity index (χ1) is 9.97. The number of aromatic nitrogens is 3. The zero-order valence-corrected chi connectivity index (χ0v) is 12.0. The van der Waals surface area contributed by atoms with Crippen molar-refractivity contribution in [1.82, 2.24) is 14.8 Å². The van der Waals surface area contributed by atoms with E-state index < -0.39 is 17.1 Å². The number of nitrogens with one attached hydrogen (secondary N) is 1. The molecule has 0 saturated heterocycles. The molecule has 1 heterocycles. The van der Waals surface area contributed by atoms with E-state index in [4.69, 9.17) is 5.11 Å². The number of benzene rings is 1. The Morgan fingerprint density at radius 1 is 1.33 bits per heavy atom. The van der Waals surface area contributed by atoms with Gasteiger partial charge in [-0.1, -0.05) is 36.0 Å². The molecule has 0 radical (unpaired) electrons. The summed E-state index contributed by atoms with van der Waals surface area (Å²) in [4.78, 5) is 36.9. The van der Waals surface area contributed by atoms with Crippen LogP contribution in [0.15, 0.2) is 39.0 Å². The van der Waals surface area contributed by atoms with E-state index in [-0.39, 0.29) is 6.42 Å². The molecular formula is C13H13N3O4S. The van der Waals surface area contributed by atoms with Crippen molar-refractivity contribution in [3.8, 4) is 0 Å². The summed E-state index contributed by atoms with van der Waals surface area (Å²) in [6, 6.07) is 7.18. The molecule has 0 saturated carbocycles. The summed E-state index contributed by atoms with van der Waals surface area (Å²) in [5, 5.41) is 11.6. The summed E-state index contributed by atoms with van der Waals surface area (Å²) >= 11 is 1.25. The number of H-pyrrole nitrogens is 1. The molecule has 8 heteroatoms. The van der Waals surface area contributed by atoms with Gasteiger partial charge in [0, 0.05) is 12.8 Å². The van der Waals surface area contributed by atoms with Crippen LogP contribution in [0.3, 0.4) is 0 Å². The number of aliphatic carboxylic acids is 1. The highest BCUT2D eigenvalue weighted by molar-refractivity contribution is 7.98. The fourth-order valence-electron chi connectivity index (χ4n) is 1.77. The molecule has 1 aromatic heterocycles. The quantitative estimate of drug-likeness (QED) is 0.611. The van der Waals surface area contributed by atoms with Crippen LogP contribution in [0.5, 0.6) is 0 Å². The first-order valence-corrected chi connectivity index (χ1v) is 7.04. The van der Waals surface area contributed by atoms with Gasteiger partial charge in [0.2, 0.25) is 0 Å². The monoisotopic (exact) mass is 307 g/mol. The lowest BCUT2D eigenvalue weighted by Gasteiger charge is -2.09. The van der Waals surface area contributed by atoms with Gasteiger partial charge in [0.1, 0.15) is 0 Å². The molecule has 2 rings (SSSR count). The predicted molar refractivity (Wildman–Crippen MR) is 77.4 cm³/mol. The second-order valence-electron chi connectivity index (χ2n) is 4.33. The summed E-state index contributed by atoms with van der Waals surface area (Å²) in [6.45, 7) is 0. The number of aryl methyl sites for hydroxylation is 1. The number of carbonyl (C=O) groups is 1. The first kappa shape index (κ1) is 15.0. The molecule has 1 aromatic carbocycles. The number of carboxylic acids is 1. The topological polar surface area (TPSA) is 105 Å². The van der Waals surface area contributed by atoms with Crippen LogP contribution in [0.2, 0.25) is 0 Å². The van der Waals surface area contributed by atoms with Gasteiger partial charge in [-0.15, -0.1) is 0 Å². The van der Waals surface area contributed by atoms with Gasteiger partial charge < -0.3 is 5.11 Å². The molecule has 0 amide bonds. The fourth-order valence-corrected chi connectivity index (χ4v) is 2.72. The van der Waals surface area contributed by atoms with E-state index in [2.05, 4.69) is 10.1 Å². The molecule has 0 bridgehead atoms. The number of nitrogens with zero attached hydrogens (tertiary/aromatic N) is 2. The minimum atomic E-state index is -0.901. The van der Waals surface area contributed by atoms with Crippen LogP contribution in [-0.2, 0) is 24.0 Å². The van der Waals surface area contributed by atoms with Crippen molar-refractivity contribution in [3.63, 3.8) is 0 Å². The number of rotatable bonds is 5. The highest BCUT2D eigenvalue weighted by Gasteiger charge is 2.09. The predicted octanol–water partition coefficient (Wildman–Crippen LogP) is 0.388. The van der Waals surface area contributed by atoms with Crippen molar-refractivity contribution in [2.75, 3.05) is 0 Å². The van der Waals surface area contributed by atoms with E-state index in [0.717, 1.165) is 5.56 Å². The lowest BCUT2D eigenvalue weighted by atomic mass is 10.1. The highest BCUT2D eigenvalue weighted by Crippen LogP contribution is 2.21. The van der Waals surface area contributed by atoms with Gasteiger partial charge in [0.25, 0.3) is 0 Å². The van der Waals surface area contributed by atoms with Gasteiger partial charge in [-0.3, -0.25) is 24.2 Å². The highest BCUT2D eigenvalue weighted by atomic mass is 32.2. The lowest BCUT2D eigenvalue weighted by Crippen LogP contribution is -2.33. The molecule has 2 N–H and O–H groups in total. The SMILES string of the molecule is Cn1[nH]c(=O)c(=O)nc1SCc1ccccc1CC(=O)O. The maximum Gasteiger partial charge on any atom is 0.339 e. The number of aromatic amines is 1. The molecule has 0 unspecified atom stereocenters. The van der Waals surface area contributed by atoms with Gasteiger partial charge in [-0.25, -0.2) is 0 Å². The van der Waals surface area contributed by atoms with Gasteiger partial charge in [0.15, 0.2) is 5.16 Å². The molecule has 0 spiro atoms. The number of hydrogen-bond donors (Lipinski definition) is 2. The Labute approximate surface area is 123 Å². The normalized spacial score (nSPS) is 10.5. The maximum atomic E-state index is 11.3. The molecule has 0 aliphatic heterocycles. The smallest absolute Gasteiger partial charge is 0.339 e. The average molecular weight is 307 g/mol.